The summed E-state index contributed by atoms with van der Waals surface area (Å²) in [6, 6.07) is 11.9. The quantitative estimate of drug-likeness (QED) is 0.793. The van der Waals surface area contributed by atoms with Gasteiger partial charge in [-0.3, -0.25) is 4.90 Å². The Kier molecular flexibility index (Phi) is 5.39. The Morgan fingerprint density at radius 1 is 1.13 bits per heavy atom. The molecule has 3 N–H and O–H groups in total. The number of nitrogens with zero attached hydrogens (tertiary/aromatic N) is 3. The molecule has 122 valence electrons. The second-order valence-corrected chi connectivity index (χ2v) is 5.60. The molecular weight excluding hydrogens is 290 g/mol. The largest absolute Gasteiger partial charge is 0.379 e. The second kappa shape index (κ2) is 7.89. The monoisotopic (exact) mass is 313 g/mol. The molecule has 1 fully saturated rings. The molecule has 1 aromatic carbocycles. The minimum Gasteiger partial charge on any atom is -0.379 e. The fourth-order valence-corrected chi connectivity index (χ4v) is 2.66. The molecule has 0 amide bonds. The van der Waals surface area contributed by atoms with Crippen molar-refractivity contribution in [3.63, 3.8) is 0 Å². The van der Waals surface area contributed by atoms with E-state index in [0.29, 0.717) is 5.95 Å². The van der Waals surface area contributed by atoms with Crippen LogP contribution in [0.15, 0.2) is 36.4 Å². The van der Waals surface area contributed by atoms with Crippen LogP contribution in [0.3, 0.4) is 0 Å². The Labute approximate surface area is 136 Å². The molecule has 23 heavy (non-hydrogen) atoms. The lowest BCUT2D eigenvalue weighted by atomic mass is 10.1. The van der Waals surface area contributed by atoms with E-state index in [1.807, 2.05) is 36.4 Å². The number of nitrogens with two attached hydrogens (primary N) is 1. The maximum Gasteiger partial charge on any atom is 0.222 e. The zero-order valence-corrected chi connectivity index (χ0v) is 13.2. The minimum atomic E-state index is 0.294. The summed E-state index contributed by atoms with van der Waals surface area (Å²) in [6.45, 7) is 5.67. The Morgan fingerprint density at radius 2 is 1.91 bits per heavy atom. The van der Waals surface area contributed by atoms with E-state index in [-0.39, 0.29) is 0 Å². The van der Waals surface area contributed by atoms with Crippen molar-refractivity contribution in [2.24, 2.45) is 0 Å². The van der Waals surface area contributed by atoms with Gasteiger partial charge in [-0.1, -0.05) is 30.3 Å². The molecule has 6 heteroatoms. The number of hydrogen-bond acceptors (Lipinski definition) is 6. The lowest BCUT2D eigenvalue weighted by Crippen LogP contribution is -2.37. The normalized spacial score (nSPS) is 15.5. The van der Waals surface area contributed by atoms with E-state index in [9.17, 15) is 0 Å². The van der Waals surface area contributed by atoms with E-state index in [1.54, 1.807) is 0 Å². The highest BCUT2D eigenvalue weighted by molar-refractivity contribution is 5.63. The summed E-state index contributed by atoms with van der Waals surface area (Å²) in [5, 5.41) is 3.35. The fraction of sp³-hybridized carbons (Fsp3) is 0.412. The van der Waals surface area contributed by atoms with Crippen LogP contribution in [0.5, 0.6) is 0 Å². The van der Waals surface area contributed by atoms with Crippen LogP contribution in [0.2, 0.25) is 0 Å². The summed E-state index contributed by atoms with van der Waals surface area (Å²) in [5.41, 5.74) is 7.71. The average molecular weight is 313 g/mol. The van der Waals surface area contributed by atoms with Crippen molar-refractivity contribution in [3.05, 3.63) is 36.4 Å². The van der Waals surface area contributed by atoms with E-state index in [4.69, 9.17) is 10.5 Å². The number of morpholine rings is 1. The van der Waals surface area contributed by atoms with E-state index >= 15 is 0 Å². The molecular formula is C17H23N5O. The van der Waals surface area contributed by atoms with Crippen molar-refractivity contribution in [1.82, 2.24) is 14.9 Å². The van der Waals surface area contributed by atoms with Crippen LogP contribution in [-0.2, 0) is 4.74 Å². The lowest BCUT2D eigenvalue weighted by Gasteiger charge is -2.26. The summed E-state index contributed by atoms with van der Waals surface area (Å²) < 4.78 is 5.36. The molecule has 0 unspecified atom stereocenters. The molecule has 0 atom stereocenters. The zero-order valence-electron chi connectivity index (χ0n) is 13.2. The number of benzene rings is 1. The predicted octanol–water partition coefficient (Wildman–Crippen LogP) is 1.86. The van der Waals surface area contributed by atoms with Crippen LogP contribution in [0, 0.1) is 0 Å². The molecule has 0 saturated carbocycles. The highest BCUT2D eigenvalue weighted by atomic mass is 16.5. The first-order chi connectivity index (χ1) is 11.3. The Hall–Kier alpha value is -2.18. The van der Waals surface area contributed by atoms with Crippen molar-refractivity contribution in [1.29, 1.82) is 0 Å². The summed E-state index contributed by atoms with van der Waals surface area (Å²) in [6.07, 6.45) is 1.06. The second-order valence-electron chi connectivity index (χ2n) is 5.60. The number of rotatable bonds is 6. The van der Waals surface area contributed by atoms with Gasteiger partial charge in [-0.05, 0) is 13.0 Å². The molecule has 3 rings (SSSR count). The number of aromatic nitrogens is 2. The maximum absolute atomic E-state index is 5.83. The van der Waals surface area contributed by atoms with Crippen molar-refractivity contribution >= 4 is 11.8 Å². The van der Waals surface area contributed by atoms with Gasteiger partial charge in [-0.15, -0.1) is 0 Å². The number of ether oxygens (including phenoxy) is 1. The van der Waals surface area contributed by atoms with Crippen LogP contribution in [0.25, 0.3) is 11.3 Å². The highest BCUT2D eigenvalue weighted by Crippen LogP contribution is 2.20. The molecule has 1 saturated heterocycles. The van der Waals surface area contributed by atoms with E-state index < -0.39 is 0 Å². The van der Waals surface area contributed by atoms with Gasteiger partial charge in [-0.25, -0.2) is 4.98 Å². The van der Waals surface area contributed by atoms with Gasteiger partial charge in [0.25, 0.3) is 0 Å². The summed E-state index contributed by atoms with van der Waals surface area (Å²) in [4.78, 5) is 11.0. The SMILES string of the molecule is Nc1nc(NCCCN2CCOCC2)cc(-c2ccccc2)n1. The van der Waals surface area contributed by atoms with E-state index in [1.165, 1.54) is 0 Å². The van der Waals surface area contributed by atoms with Crippen molar-refractivity contribution in [3.8, 4) is 11.3 Å². The molecule has 6 nitrogen and oxygen atoms in total. The van der Waals surface area contributed by atoms with Crippen molar-refractivity contribution in [2.45, 2.75) is 6.42 Å². The third-order valence-electron chi connectivity index (χ3n) is 3.87. The molecule has 1 aliphatic rings. The topological polar surface area (TPSA) is 76.3 Å². The third-order valence-corrected chi connectivity index (χ3v) is 3.87. The molecule has 1 aromatic heterocycles. The van der Waals surface area contributed by atoms with Gasteiger partial charge >= 0.3 is 0 Å². The molecule has 0 aliphatic carbocycles. The van der Waals surface area contributed by atoms with Crippen LogP contribution in [0.4, 0.5) is 11.8 Å². The number of nitrogens with one attached hydrogen (secondary N) is 1. The first kappa shape index (κ1) is 15.7. The number of hydrogen-bond donors (Lipinski definition) is 2. The lowest BCUT2D eigenvalue weighted by molar-refractivity contribution is 0.0378. The smallest absolute Gasteiger partial charge is 0.222 e. The van der Waals surface area contributed by atoms with Crippen LogP contribution >= 0.6 is 0 Å². The van der Waals surface area contributed by atoms with Gasteiger partial charge in [0.2, 0.25) is 5.95 Å². The molecule has 0 spiro atoms. The van der Waals surface area contributed by atoms with Crippen LogP contribution < -0.4 is 11.1 Å². The van der Waals surface area contributed by atoms with Gasteiger partial charge in [0.05, 0.1) is 18.9 Å². The highest BCUT2D eigenvalue weighted by Gasteiger charge is 2.09. The Bertz CT molecular complexity index is 614. The van der Waals surface area contributed by atoms with E-state index in [0.717, 1.165) is 62.9 Å². The van der Waals surface area contributed by atoms with Gasteiger partial charge < -0.3 is 15.8 Å². The van der Waals surface area contributed by atoms with E-state index in [2.05, 4.69) is 20.2 Å². The summed E-state index contributed by atoms with van der Waals surface area (Å²) in [5.74, 6) is 1.07. The predicted molar refractivity (Wildman–Crippen MR) is 92.2 cm³/mol. The molecule has 0 bridgehead atoms. The fourth-order valence-electron chi connectivity index (χ4n) is 2.66. The molecule has 0 radical (unpaired) electrons. The third kappa shape index (κ3) is 4.64. The van der Waals surface area contributed by atoms with Gasteiger partial charge in [-0.2, -0.15) is 4.98 Å². The molecule has 2 heterocycles. The molecule has 2 aromatic rings. The van der Waals surface area contributed by atoms with Gasteiger partial charge in [0.15, 0.2) is 0 Å². The van der Waals surface area contributed by atoms with Crippen LogP contribution in [-0.4, -0.2) is 54.3 Å². The van der Waals surface area contributed by atoms with Crippen molar-refractivity contribution in [2.75, 3.05) is 50.4 Å². The maximum atomic E-state index is 5.83. The van der Waals surface area contributed by atoms with Gasteiger partial charge in [0, 0.05) is 31.3 Å². The average Bonchev–Trinajstić information content (AvgIpc) is 2.60. The van der Waals surface area contributed by atoms with Gasteiger partial charge in [0.1, 0.15) is 5.82 Å². The standard InChI is InChI=1S/C17H23N5O/c18-17-20-15(14-5-2-1-3-6-14)13-16(21-17)19-7-4-8-22-9-11-23-12-10-22/h1-3,5-6,13H,4,7-12H2,(H3,18,19,20,21). The number of anilines is 2. The minimum absolute atomic E-state index is 0.294. The summed E-state index contributed by atoms with van der Waals surface area (Å²) in [7, 11) is 0. The summed E-state index contributed by atoms with van der Waals surface area (Å²) >= 11 is 0. The Morgan fingerprint density at radius 3 is 2.70 bits per heavy atom. The first-order valence-corrected chi connectivity index (χ1v) is 8.05. The van der Waals surface area contributed by atoms with Crippen molar-refractivity contribution < 1.29 is 4.74 Å². The van der Waals surface area contributed by atoms with Crippen LogP contribution in [0.1, 0.15) is 6.42 Å². The number of nitrogen functional groups attached to an aromatic ring is 1. The zero-order chi connectivity index (χ0) is 15.9. The Balaban J connectivity index is 1.54. The first-order valence-electron chi connectivity index (χ1n) is 8.05. The molecule has 1 aliphatic heterocycles.